The Bertz CT molecular complexity index is 1820. The highest BCUT2D eigenvalue weighted by Crippen LogP contribution is 2.36. The molecule has 9 nitrogen and oxygen atoms in total. The molecule has 0 spiro atoms. The van der Waals surface area contributed by atoms with Crippen molar-refractivity contribution in [1.29, 1.82) is 0 Å². The number of halogens is 2. The molecule has 0 bridgehead atoms. The first-order chi connectivity index (χ1) is 19.7. The lowest BCUT2D eigenvalue weighted by molar-refractivity contribution is -0.119. The summed E-state index contributed by atoms with van der Waals surface area (Å²) in [5.41, 5.74) is 2.11. The second kappa shape index (κ2) is 11.9. The van der Waals surface area contributed by atoms with E-state index in [1.807, 2.05) is 6.07 Å². The molecule has 12 heteroatoms. The maximum atomic E-state index is 14.1. The summed E-state index contributed by atoms with van der Waals surface area (Å²) in [6, 6.07) is 11.1. The van der Waals surface area contributed by atoms with Crippen molar-refractivity contribution in [3.63, 3.8) is 0 Å². The van der Waals surface area contributed by atoms with E-state index in [0.717, 1.165) is 12.3 Å². The lowest BCUT2D eigenvalue weighted by Gasteiger charge is -2.22. The molecule has 0 aliphatic rings. The molecule has 2 aromatic carbocycles. The van der Waals surface area contributed by atoms with Crippen molar-refractivity contribution in [2.75, 3.05) is 17.6 Å². The van der Waals surface area contributed by atoms with E-state index in [-0.39, 0.29) is 24.8 Å². The fourth-order valence-electron chi connectivity index (χ4n) is 4.54. The molecule has 0 aliphatic carbocycles. The first-order valence-electron chi connectivity index (χ1n) is 13.0. The van der Waals surface area contributed by atoms with E-state index in [4.69, 9.17) is 4.98 Å². The van der Waals surface area contributed by atoms with Crippen molar-refractivity contribution in [1.82, 2.24) is 20.1 Å². The predicted octanol–water partition coefficient (Wildman–Crippen LogP) is 4.07. The molecule has 0 saturated carbocycles. The third-order valence-electron chi connectivity index (χ3n) is 6.36. The SMILES string of the molecule is CC(=O)N[C@@H](Cc1cc(F)cc(F)c1)c1nc(C#CC(C)(C)CO)ccc1-c1cccc2c(NS(C)(=O)=O)nn(C)c12. The van der Waals surface area contributed by atoms with Gasteiger partial charge in [0.1, 0.15) is 17.3 Å². The number of pyridine rings is 1. The van der Waals surface area contributed by atoms with Gasteiger partial charge in [-0.2, -0.15) is 5.10 Å². The number of hydrogen-bond acceptors (Lipinski definition) is 6. The molecule has 3 N–H and O–H groups in total. The van der Waals surface area contributed by atoms with Gasteiger partial charge in [-0.05, 0) is 62.1 Å². The van der Waals surface area contributed by atoms with Crippen LogP contribution in [0.1, 0.15) is 43.8 Å². The third kappa shape index (κ3) is 7.29. The minimum absolute atomic E-state index is 0.00945. The average Bonchev–Trinajstić information content (AvgIpc) is 3.20. The maximum absolute atomic E-state index is 14.1. The Balaban J connectivity index is 1.97. The number of anilines is 1. The molecule has 4 rings (SSSR count). The molecule has 220 valence electrons. The van der Waals surface area contributed by atoms with Crippen molar-refractivity contribution in [3.05, 3.63) is 77.1 Å². The number of aliphatic hydroxyl groups excluding tert-OH is 1. The summed E-state index contributed by atoms with van der Waals surface area (Å²) in [4.78, 5) is 17.1. The molecule has 0 radical (unpaired) electrons. The number of amides is 1. The number of nitrogens with one attached hydrogen (secondary N) is 2. The molecule has 0 aliphatic heterocycles. The van der Waals surface area contributed by atoms with Crippen LogP contribution in [0.5, 0.6) is 0 Å². The van der Waals surface area contributed by atoms with Gasteiger partial charge in [0.2, 0.25) is 15.9 Å². The first kappa shape index (κ1) is 30.6. The smallest absolute Gasteiger partial charge is 0.231 e. The van der Waals surface area contributed by atoms with E-state index in [2.05, 4.69) is 27.0 Å². The van der Waals surface area contributed by atoms with E-state index < -0.39 is 33.1 Å². The molecular formula is C30H31F2N5O4S. The van der Waals surface area contributed by atoms with Gasteiger partial charge < -0.3 is 10.4 Å². The summed E-state index contributed by atoms with van der Waals surface area (Å²) in [5.74, 6) is 4.22. The maximum Gasteiger partial charge on any atom is 0.231 e. The van der Waals surface area contributed by atoms with Gasteiger partial charge in [-0.25, -0.2) is 22.2 Å². The monoisotopic (exact) mass is 595 g/mol. The molecule has 42 heavy (non-hydrogen) atoms. The van der Waals surface area contributed by atoms with Gasteiger partial charge in [0.15, 0.2) is 5.82 Å². The van der Waals surface area contributed by atoms with Crippen molar-refractivity contribution in [2.45, 2.75) is 33.2 Å². The lowest BCUT2D eigenvalue weighted by Crippen LogP contribution is -2.29. The fraction of sp³-hybridized carbons (Fsp3) is 0.300. The van der Waals surface area contributed by atoms with Crippen LogP contribution in [0.15, 0.2) is 48.5 Å². The Morgan fingerprint density at radius 3 is 2.43 bits per heavy atom. The van der Waals surface area contributed by atoms with Crippen LogP contribution in [0.4, 0.5) is 14.6 Å². The number of fused-ring (bicyclic) bond motifs is 1. The van der Waals surface area contributed by atoms with Gasteiger partial charge in [-0.1, -0.05) is 18.1 Å². The number of hydrogen-bond donors (Lipinski definition) is 3. The van der Waals surface area contributed by atoms with Crippen LogP contribution in [0.2, 0.25) is 0 Å². The Labute approximate surface area is 243 Å². The Morgan fingerprint density at radius 1 is 1.12 bits per heavy atom. The number of carbonyl (C=O) groups excluding carboxylic acids is 1. The van der Waals surface area contributed by atoms with Gasteiger partial charge >= 0.3 is 0 Å². The molecule has 4 aromatic rings. The summed E-state index contributed by atoms with van der Waals surface area (Å²) < 4.78 is 56.1. The fourth-order valence-corrected chi connectivity index (χ4v) is 5.04. The largest absolute Gasteiger partial charge is 0.395 e. The number of carbonyl (C=O) groups is 1. The Kier molecular flexibility index (Phi) is 8.65. The van der Waals surface area contributed by atoms with Crippen LogP contribution in [0, 0.1) is 28.9 Å². The van der Waals surface area contributed by atoms with Gasteiger partial charge in [0, 0.05) is 42.0 Å². The minimum atomic E-state index is -3.62. The lowest BCUT2D eigenvalue weighted by atomic mass is 9.93. The standard InChI is InChI=1S/C30H31F2N5O4S/c1-18(39)33-26(15-19-13-20(31)16-21(32)14-19)27-23(10-9-22(34-27)11-12-30(2,3)17-38)24-7-6-8-25-28(24)37(4)35-29(25)36-42(5,40)41/h6-10,13-14,16,26,38H,15,17H2,1-5H3,(H,33,39)(H,35,36)/t26-/m0/s1. The van der Waals surface area contributed by atoms with E-state index in [1.54, 1.807) is 45.2 Å². The quantitative estimate of drug-likeness (QED) is 0.264. The summed E-state index contributed by atoms with van der Waals surface area (Å²) in [5, 5.41) is 17.4. The normalized spacial score (nSPS) is 12.5. The number of benzene rings is 2. The van der Waals surface area contributed by atoms with Crippen LogP contribution in [-0.2, 0) is 28.3 Å². The van der Waals surface area contributed by atoms with Gasteiger partial charge in [-0.15, -0.1) is 0 Å². The topological polar surface area (TPSA) is 126 Å². The average molecular weight is 596 g/mol. The molecule has 2 aromatic heterocycles. The predicted molar refractivity (Wildman–Crippen MR) is 157 cm³/mol. The van der Waals surface area contributed by atoms with Crippen molar-refractivity contribution < 1.29 is 27.1 Å². The highest BCUT2D eigenvalue weighted by Gasteiger charge is 2.24. The number of sulfonamides is 1. The van der Waals surface area contributed by atoms with E-state index in [1.165, 1.54) is 23.7 Å². The van der Waals surface area contributed by atoms with Gasteiger partial charge in [0.25, 0.3) is 0 Å². The van der Waals surface area contributed by atoms with E-state index in [9.17, 15) is 27.1 Å². The van der Waals surface area contributed by atoms with Crippen molar-refractivity contribution in [3.8, 4) is 23.0 Å². The number of aryl methyl sites for hydroxylation is 1. The van der Waals surface area contributed by atoms with Crippen LogP contribution in [0.25, 0.3) is 22.0 Å². The summed E-state index contributed by atoms with van der Waals surface area (Å²) >= 11 is 0. The number of aromatic nitrogens is 3. The highest BCUT2D eigenvalue weighted by atomic mass is 32.2. The number of rotatable bonds is 8. The summed E-state index contributed by atoms with van der Waals surface area (Å²) in [6.07, 6.45) is 1.04. The van der Waals surface area contributed by atoms with E-state index in [0.29, 0.717) is 39.0 Å². The number of para-hydroxylation sites is 1. The van der Waals surface area contributed by atoms with Gasteiger partial charge in [0.05, 0.1) is 30.1 Å². The Hall–Kier alpha value is -4.34. The van der Waals surface area contributed by atoms with E-state index >= 15 is 0 Å². The molecule has 2 heterocycles. The minimum Gasteiger partial charge on any atom is -0.395 e. The van der Waals surface area contributed by atoms with Crippen LogP contribution in [0.3, 0.4) is 0 Å². The highest BCUT2D eigenvalue weighted by molar-refractivity contribution is 7.92. The molecule has 1 amide bonds. The zero-order valence-corrected chi connectivity index (χ0v) is 24.6. The van der Waals surface area contributed by atoms with Crippen LogP contribution < -0.4 is 10.0 Å². The second-order valence-electron chi connectivity index (χ2n) is 10.7. The molecular weight excluding hydrogens is 564 g/mol. The molecule has 0 fully saturated rings. The zero-order valence-electron chi connectivity index (χ0n) is 23.8. The summed E-state index contributed by atoms with van der Waals surface area (Å²) in [6.45, 7) is 4.71. The van der Waals surface area contributed by atoms with Gasteiger partial charge in [-0.3, -0.25) is 14.2 Å². The zero-order chi connectivity index (χ0) is 30.8. The van der Waals surface area contributed by atoms with Crippen LogP contribution >= 0.6 is 0 Å². The number of nitrogens with zero attached hydrogens (tertiary/aromatic N) is 3. The van der Waals surface area contributed by atoms with Crippen LogP contribution in [-0.4, -0.2) is 47.1 Å². The summed E-state index contributed by atoms with van der Waals surface area (Å²) in [7, 11) is -1.95. The third-order valence-corrected chi connectivity index (χ3v) is 6.92. The molecule has 0 saturated heterocycles. The Morgan fingerprint density at radius 2 is 1.81 bits per heavy atom. The van der Waals surface area contributed by atoms with Crippen molar-refractivity contribution >= 4 is 32.7 Å². The molecule has 1 atom stereocenters. The second-order valence-corrected chi connectivity index (χ2v) is 12.5. The van der Waals surface area contributed by atoms with Crippen molar-refractivity contribution in [2.24, 2.45) is 12.5 Å². The number of aliphatic hydroxyl groups is 1. The molecule has 0 unspecified atom stereocenters. The first-order valence-corrected chi connectivity index (χ1v) is 14.9.